The monoisotopic (exact) mass is 332 g/mol. The first-order chi connectivity index (χ1) is 11.4. The third-order valence-corrected chi connectivity index (χ3v) is 4.23. The van der Waals surface area contributed by atoms with Crippen molar-refractivity contribution in [2.24, 2.45) is 0 Å². The van der Waals surface area contributed by atoms with Gasteiger partial charge in [0, 0.05) is 12.6 Å². The summed E-state index contributed by atoms with van der Waals surface area (Å²) in [5.41, 5.74) is 5.41. The zero-order chi connectivity index (χ0) is 17.5. The van der Waals surface area contributed by atoms with Crippen LogP contribution < -0.4 is 5.73 Å². The molecule has 1 fully saturated rings. The molecule has 4 atom stereocenters. The van der Waals surface area contributed by atoms with Crippen molar-refractivity contribution in [2.75, 3.05) is 12.3 Å². The zero-order valence-electron chi connectivity index (χ0n) is 13.5. The lowest BCUT2D eigenvalue weighted by Gasteiger charge is -2.27. The Morgan fingerprint density at radius 2 is 2.21 bits per heavy atom. The number of rotatable bonds is 2. The second-order valence-corrected chi connectivity index (χ2v) is 5.94. The van der Waals surface area contributed by atoms with Gasteiger partial charge in [-0.25, -0.2) is 9.97 Å². The molecule has 0 spiro atoms. The third-order valence-electron chi connectivity index (χ3n) is 4.23. The van der Waals surface area contributed by atoms with Gasteiger partial charge in [0.05, 0.1) is 17.6 Å². The standard InChI is InChI=1S/C16H20N4O4/c1-3-4-5-9-6-20(14-11(9)13(17)18-8-19-14)15-16(2,23)12(22)10(7-21)24-15/h6,8,10,12,15,21-23H,3,7H2,1-2H3,(H2,17,18,19)/t10?,12-,15?,16+/m1/s1. The molecule has 0 aliphatic carbocycles. The number of ether oxygens (including phenoxy) is 1. The molecule has 0 radical (unpaired) electrons. The number of anilines is 1. The second-order valence-electron chi connectivity index (χ2n) is 5.94. The lowest BCUT2D eigenvalue weighted by Crippen LogP contribution is -2.44. The topological polar surface area (TPSA) is 127 Å². The van der Waals surface area contributed by atoms with E-state index in [1.807, 2.05) is 6.92 Å². The van der Waals surface area contributed by atoms with E-state index in [1.54, 1.807) is 10.8 Å². The predicted octanol–water partition coefficient (Wildman–Crippen LogP) is -0.223. The Balaban J connectivity index is 2.19. The molecule has 5 N–H and O–H groups in total. The molecule has 24 heavy (non-hydrogen) atoms. The molecule has 8 nitrogen and oxygen atoms in total. The number of nitrogen functional groups attached to an aromatic ring is 1. The fourth-order valence-electron chi connectivity index (χ4n) is 2.96. The minimum atomic E-state index is -1.62. The summed E-state index contributed by atoms with van der Waals surface area (Å²) >= 11 is 0. The highest BCUT2D eigenvalue weighted by Gasteiger charge is 2.53. The molecule has 3 rings (SSSR count). The van der Waals surface area contributed by atoms with E-state index < -0.39 is 30.6 Å². The highest BCUT2D eigenvalue weighted by Crippen LogP contribution is 2.40. The highest BCUT2D eigenvalue weighted by atomic mass is 16.6. The van der Waals surface area contributed by atoms with Gasteiger partial charge in [-0.15, -0.1) is 0 Å². The molecule has 3 heterocycles. The summed E-state index contributed by atoms with van der Waals surface area (Å²) in [5, 5.41) is 30.8. The molecule has 0 bridgehead atoms. The fourth-order valence-corrected chi connectivity index (χ4v) is 2.96. The van der Waals surface area contributed by atoms with Gasteiger partial charge in [0.25, 0.3) is 0 Å². The third kappa shape index (κ3) is 2.42. The lowest BCUT2D eigenvalue weighted by atomic mass is 9.96. The number of aliphatic hydroxyl groups is 3. The van der Waals surface area contributed by atoms with E-state index in [0.29, 0.717) is 23.0 Å². The van der Waals surface area contributed by atoms with Crippen LogP contribution in [0.2, 0.25) is 0 Å². The summed E-state index contributed by atoms with van der Waals surface area (Å²) in [7, 11) is 0. The van der Waals surface area contributed by atoms with E-state index in [1.165, 1.54) is 13.3 Å². The molecule has 1 aliphatic heterocycles. The van der Waals surface area contributed by atoms with Crippen molar-refractivity contribution in [1.29, 1.82) is 0 Å². The predicted molar refractivity (Wildman–Crippen MR) is 86.7 cm³/mol. The number of hydrogen-bond acceptors (Lipinski definition) is 7. The van der Waals surface area contributed by atoms with Crippen LogP contribution >= 0.6 is 0 Å². The van der Waals surface area contributed by atoms with Gasteiger partial charge in [-0.2, -0.15) is 0 Å². The summed E-state index contributed by atoms with van der Waals surface area (Å²) in [5.74, 6) is 6.25. The van der Waals surface area contributed by atoms with Gasteiger partial charge in [0.2, 0.25) is 0 Å². The molecule has 2 aromatic rings. The van der Waals surface area contributed by atoms with E-state index in [2.05, 4.69) is 21.8 Å². The summed E-state index contributed by atoms with van der Waals surface area (Å²) < 4.78 is 7.23. The van der Waals surface area contributed by atoms with Gasteiger partial charge >= 0.3 is 0 Å². The van der Waals surface area contributed by atoms with Crippen molar-refractivity contribution in [3.63, 3.8) is 0 Å². The van der Waals surface area contributed by atoms with Crippen LogP contribution in [0.25, 0.3) is 11.0 Å². The summed E-state index contributed by atoms with van der Waals surface area (Å²) in [6.07, 6.45) is 0.571. The van der Waals surface area contributed by atoms with Crippen molar-refractivity contribution < 1.29 is 20.1 Å². The van der Waals surface area contributed by atoms with Crippen LogP contribution in [0.15, 0.2) is 12.5 Å². The maximum absolute atomic E-state index is 10.7. The Hall–Kier alpha value is -2.18. The fraction of sp³-hybridized carbons (Fsp3) is 0.500. The van der Waals surface area contributed by atoms with Gasteiger partial charge in [-0.3, -0.25) is 0 Å². The number of nitrogens with two attached hydrogens (primary N) is 1. The van der Waals surface area contributed by atoms with Gasteiger partial charge in [-0.1, -0.05) is 18.8 Å². The van der Waals surface area contributed by atoms with Crippen molar-refractivity contribution in [3.8, 4) is 11.8 Å². The van der Waals surface area contributed by atoms with E-state index >= 15 is 0 Å². The lowest BCUT2D eigenvalue weighted by molar-refractivity contribution is -0.0948. The maximum Gasteiger partial charge on any atom is 0.167 e. The molecule has 0 amide bonds. The molecule has 8 heteroatoms. The molecule has 2 unspecified atom stereocenters. The number of nitrogens with zero attached hydrogens (tertiary/aromatic N) is 3. The Labute approximate surface area is 138 Å². The molecule has 0 saturated carbocycles. The highest BCUT2D eigenvalue weighted by molar-refractivity contribution is 5.92. The minimum absolute atomic E-state index is 0.274. The van der Waals surface area contributed by atoms with E-state index in [-0.39, 0.29) is 5.82 Å². The van der Waals surface area contributed by atoms with Gasteiger partial charge < -0.3 is 30.4 Å². The van der Waals surface area contributed by atoms with Crippen LogP contribution in [-0.2, 0) is 4.74 Å². The summed E-state index contributed by atoms with van der Waals surface area (Å²) in [6.45, 7) is 2.97. The number of hydrogen-bond donors (Lipinski definition) is 4. The molecule has 0 aromatic carbocycles. The maximum atomic E-state index is 10.7. The second kappa shape index (κ2) is 6.03. The van der Waals surface area contributed by atoms with Crippen molar-refractivity contribution in [2.45, 2.75) is 44.3 Å². The summed E-state index contributed by atoms with van der Waals surface area (Å²) in [6, 6.07) is 0. The zero-order valence-corrected chi connectivity index (χ0v) is 13.5. The Kier molecular flexibility index (Phi) is 4.19. The normalized spacial score (nSPS) is 29.6. The quantitative estimate of drug-likeness (QED) is 0.560. The van der Waals surface area contributed by atoms with Crippen LogP contribution in [0.4, 0.5) is 5.82 Å². The first-order valence-corrected chi connectivity index (χ1v) is 7.68. The van der Waals surface area contributed by atoms with Crippen LogP contribution in [-0.4, -0.2) is 54.3 Å². The Morgan fingerprint density at radius 3 is 2.83 bits per heavy atom. The molecular weight excluding hydrogens is 312 g/mol. The summed E-state index contributed by atoms with van der Waals surface area (Å²) in [4.78, 5) is 8.22. The van der Waals surface area contributed by atoms with Gasteiger partial charge in [-0.05, 0) is 6.92 Å². The average Bonchev–Trinajstić information content (AvgIpc) is 3.02. The van der Waals surface area contributed by atoms with E-state index in [9.17, 15) is 15.3 Å². The number of aromatic nitrogens is 3. The van der Waals surface area contributed by atoms with Crippen molar-refractivity contribution in [1.82, 2.24) is 14.5 Å². The first kappa shape index (κ1) is 16.7. The van der Waals surface area contributed by atoms with Gasteiger partial charge in [0.15, 0.2) is 6.23 Å². The Morgan fingerprint density at radius 1 is 1.46 bits per heavy atom. The van der Waals surface area contributed by atoms with Crippen LogP contribution in [0.3, 0.4) is 0 Å². The molecule has 1 saturated heterocycles. The number of aliphatic hydroxyl groups excluding tert-OH is 2. The SMILES string of the molecule is CCC#Cc1cn(C2OC(CO)[C@@H](O)[C@]2(C)O)c2ncnc(N)c12. The number of fused-ring (bicyclic) bond motifs is 1. The average molecular weight is 332 g/mol. The molecule has 128 valence electrons. The Bertz CT molecular complexity index is 821. The van der Waals surface area contributed by atoms with Crippen LogP contribution in [0, 0.1) is 11.8 Å². The largest absolute Gasteiger partial charge is 0.394 e. The smallest absolute Gasteiger partial charge is 0.167 e. The van der Waals surface area contributed by atoms with Crippen LogP contribution in [0.5, 0.6) is 0 Å². The van der Waals surface area contributed by atoms with Crippen molar-refractivity contribution in [3.05, 3.63) is 18.1 Å². The molecular formula is C16H20N4O4. The van der Waals surface area contributed by atoms with Gasteiger partial charge in [0.1, 0.15) is 35.6 Å². The molecule has 1 aliphatic rings. The van der Waals surface area contributed by atoms with Crippen molar-refractivity contribution >= 4 is 16.9 Å². The van der Waals surface area contributed by atoms with E-state index in [4.69, 9.17) is 10.5 Å². The molecule has 2 aromatic heterocycles. The van der Waals surface area contributed by atoms with E-state index in [0.717, 1.165) is 0 Å². The van der Waals surface area contributed by atoms with Crippen LogP contribution in [0.1, 0.15) is 32.1 Å². The minimum Gasteiger partial charge on any atom is -0.394 e. The first-order valence-electron chi connectivity index (χ1n) is 7.68.